The summed E-state index contributed by atoms with van der Waals surface area (Å²) in [5.41, 5.74) is 1.74. The largest absolute Gasteiger partial charge is 0.467 e. The van der Waals surface area contributed by atoms with Gasteiger partial charge >= 0.3 is 0 Å². The molecular formula is C17H21N3O3. The fourth-order valence-corrected chi connectivity index (χ4v) is 2.09. The molecule has 23 heavy (non-hydrogen) atoms. The molecule has 1 N–H and O–H groups in total. The van der Waals surface area contributed by atoms with Gasteiger partial charge in [0.05, 0.1) is 12.8 Å². The Labute approximate surface area is 135 Å². The van der Waals surface area contributed by atoms with E-state index >= 15 is 0 Å². The number of rotatable bonds is 6. The van der Waals surface area contributed by atoms with Crippen LogP contribution in [0.3, 0.4) is 0 Å². The van der Waals surface area contributed by atoms with Crippen LogP contribution in [0.15, 0.2) is 47.1 Å². The van der Waals surface area contributed by atoms with E-state index in [1.54, 1.807) is 18.4 Å². The van der Waals surface area contributed by atoms with Crippen LogP contribution in [0.4, 0.5) is 11.4 Å². The van der Waals surface area contributed by atoms with Gasteiger partial charge in [-0.1, -0.05) is 0 Å². The van der Waals surface area contributed by atoms with Crippen molar-refractivity contribution in [3.05, 3.63) is 48.4 Å². The molecule has 0 unspecified atom stereocenters. The molecule has 0 radical (unpaired) electrons. The van der Waals surface area contributed by atoms with Crippen LogP contribution in [0.2, 0.25) is 0 Å². The molecule has 0 aliphatic rings. The van der Waals surface area contributed by atoms with E-state index < -0.39 is 0 Å². The van der Waals surface area contributed by atoms with E-state index in [0.29, 0.717) is 11.4 Å². The average Bonchev–Trinajstić information content (AvgIpc) is 3.00. The first kappa shape index (κ1) is 16.6. The predicted octanol–water partition coefficient (Wildman–Crippen LogP) is 2.33. The molecule has 2 rings (SSSR count). The molecule has 1 aromatic heterocycles. The summed E-state index contributed by atoms with van der Waals surface area (Å²) in [6.07, 6.45) is 1.54. The Bertz CT molecular complexity index is 648. The summed E-state index contributed by atoms with van der Waals surface area (Å²) in [6.45, 7) is 1.68. The highest BCUT2D eigenvalue weighted by molar-refractivity contribution is 5.94. The molecule has 0 aliphatic heterocycles. The monoisotopic (exact) mass is 315 g/mol. The summed E-state index contributed by atoms with van der Waals surface area (Å²) in [5.74, 6) is 0.215. The van der Waals surface area contributed by atoms with Crippen molar-refractivity contribution in [2.24, 2.45) is 0 Å². The van der Waals surface area contributed by atoms with E-state index in [1.165, 1.54) is 11.8 Å². The fraction of sp³-hybridized carbons (Fsp3) is 0.294. The van der Waals surface area contributed by atoms with Gasteiger partial charge in [-0.3, -0.25) is 9.59 Å². The van der Waals surface area contributed by atoms with E-state index in [9.17, 15) is 9.59 Å². The molecule has 0 spiro atoms. The van der Waals surface area contributed by atoms with E-state index in [4.69, 9.17) is 4.42 Å². The third-order valence-corrected chi connectivity index (χ3v) is 3.37. The van der Waals surface area contributed by atoms with Gasteiger partial charge in [0.25, 0.3) is 0 Å². The van der Waals surface area contributed by atoms with Gasteiger partial charge in [0.1, 0.15) is 12.3 Å². The van der Waals surface area contributed by atoms with Crippen LogP contribution < -0.4 is 10.2 Å². The smallest absolute Gasteiger partial charge is 0.244 e. The summed E-state index contributed by atoms with van der Waals surface area (Å²) in [5, 5.41) is 2.79. The van der Waals surface area contributed by atoms with Gasteiger partial charge in [0, 0.05) is 32.4 Å². The SMILES string of the molecule is CC(=O)N(CC(=O)Nc1ccc(N(C)C)cc1)Cc1ccco1. The Morgan fingerprint density at radius 2 is 1.83 bits per heavy atom. The number of nitrogens with one attached hydrogen (secondary N) is 1. The lowest BCUT2D eigenvalue weighted by Gasteiger charge is -2.19. The first-order chi connectivity index (χ1) is 11.0. The minimum Gasteiger partial charge on any atom is -0.467 e. The highest BCUT2D eigenvalue weighted by Gasteiger charge is 2.15. The van der Waals surface area contributed by atoms with Crippen LogP contribution in [-0.4, -0.2) is 37.4 Å². The highest BCUT2D eigenvalue weighted by Crippen LogP contribution is 2.15. The van der Waals surface area contributed by atoms with Gasteiger partial charge in [-0.25, -0.2) is 0 Å². The predicted molar refractivity (Wildman–Crippen MR) is 89.2 cm³/mol. The normalized spacial score (nSPS) is 10.2. The lowest BCUT2D eigenvalue weighted by Crippen LogP contribution is -2.36. The zero-order valence-electron chi connectivity index (χ0n) is 13.6. The van der Waals surface area contributed by atoms with Crippen molar-refractivity contribution in [1.29, 1.82) is 0 Å². The number of benzene rings is 1. The zero-order chi connectivity index (χ0) is 16.8. The molecule has 0 aliphatic carbocycles. The number of carbonyl (C=O) groups is 2. The molecule has 122 valence electrons. The van der Waals surface area contributed by atoms with Crippen LogP contribution in [0, 0.1) is 0 Å². The number of amides is 2. The molecule has 0 bridgehead atoms. The van der Waals surface area contributed by atoms with Gasteiger partial charge in [0.15, 0.2) is 0 Å². The molecular weight excluding hydrogens is 294 g/mol. The Kier molecular flexibility index (Phi) is 5.41. The highest BCUT2D eigenvalue weighted by atomic mass is 16.3. The second kappa shape index (κ2) is 7.49. The van der Waals surface area contributed by atoms with Crippen LogP contribution in [-0.2, 0) is 16.1 Å². The summed E-state index contributed by atoms with van der Waals surface area (Å²) < 4.78 is 5.22. The first-order valence-corrected chi connectivity index (χ1v) is 7.31. The molecule has 1 heterocycles. The number of hydrogen-bond donors (Lipinski definition) is 1. The maximum Gasteiger partial charge on any atom is 0.244 e. The van der Waals surface area contributed by atoms with Crippen LogP contribution in [0.5, 0.6) is 0 Å². The molecule has 6 heteroatoms. The molecule has 0 atom stereocenters. The van der Waals surface area contributed by atoms with Crippen molar-refractivity contribution in [3.8, 4) is 0 Å². The minimum atomic E-state index is -0.246. The van der Waals surface area contributed by atoms with E-state index in [-0.39, 0.29) is 24.9 Å². The van der Waals surface area contributed by atoms with Gasteiger partial charge in [-0.15, -0.1) is 0 Å². The zero-order valence-corrected chi connectivity index (χ0v) is 13.6. The van der Waals surface area contributed by atoms with Crippen molar-refractivity contribution in [1.82, 2.24) is 4.90 Å². The number of nitrogens with zero attached hydrogens (tertiary/aromatic N) is 2. The number of furan rings is 1. The maximum absolute atomic E-state index is 12.1. The second-order valence-corrected chi connectivity index (χ2v) is 5.44. The summed E-state index contributed by atoms with van der Waals surface area (Å²) in [7, 11) is 3.90. The minimum absolute atomic E-state index is 0.0224. The molecule has 0 fully saturated rings. The quantitative estimate of drug-likeness (QED) is 0.888. The number of anilines is 2. The standard InChI is InChI=1S/C17H21N3O3/c1-13(21)20(11-16-5-4-10-23-16)12-17(22)18-14-6-8-15(9-7-14)19(2)3/h4-10H,11-12H2,1-3H3,(H,18,22). The Hall–Kier alpha value is -2.76. The molecule has 0 saturated heterocycles. The lowest BCUT2D eigenvalue weighted by atomic mass is 10.2. The molecule has 6 nitrogen and oxygen atoms in total. The van der Waals surface area contributed by atoms with Gasteiger partial charge in [-0.2, -0.15) is 0 Å². The van der Waals surface area contributed by atoms with E-state index in [1.807, 2.05) is 43.3 Å². The topological polar surface area (TPSA) is 65.8 Å². The molecule has 2 aromatic rings. The fourth-order valence-electron chi connectivity index (χ4n) is 2.09. The van der Waals surface area contributed by atoms with Crippen LogP contribution >= 0.6 is 0 Å². The van der Waals surface area contributed by atoms with E-state index in [0.717, 1.165) is 5.69 Å². The van der Waals surface area contributed by atoms with Gasteiger partial charge < -0.3 is 19.5 Å². The molecule has 0 saturated carbocycles. The maximum atomic E-state index is 12.1. The third kappa shape index (κ3) is 4.88. The summed E-state index contributed by atoms with van der Waals surface area (Å²) in [6, 6.07) is 11.0. The van der Waals surface area contributed by atoms with Gasteiger partial charge in [-0.05, 0) is 36.4 Å². The Balaban J connectivity index is 1.94. The van der Waals surface area contributed by atoms with Crippen LogP contribution in [0.1, 0.15) is 12.7 Å². The lowest BCUT2D eigenvalue weighted by molar-refractivity contribution is -0.133. The van der Waals surface area contributed by atoms with E-state index in [2.05, 4.69) is 5.32 Å². The van der Waals surface area contributed by atoms with Crippen molar-refractivity contribution in [2.75, 3.05) is 30.9 Å². The Morgan fingerprint density at radius 3 is 2.35 bits per heavy atom. The van der Waals surface area contributed by atoms with Gasteiger partial charge in [0.2, 0.25) is 11.8 Å². The van der Waals surface area contributed by atoms with Crippen molar-refractivity contribution in [3.63, 3.8) is 0 Å². The average molecular weight is 315 g/mol. The molecule has 2 amide bonds. The van der Waals surface area contributed by atoms with Crippen molar-refractivity contribution >= 4 is 23.2 Å². The third-order valence-electron chi connectivity index (χ3n) is 3.37. The van der Waals surface area contributed by atoms with Crippen molar-refractivity contribution in [2.45, 2.75) is 13.5 Å². The summed E-state index contributed by atoms with van der Waals surface area (Å²) in [4.78, 5) is 27.2. The second-order valence-electron chi connectivity index (χ2n) is 5.44. The van der Waals surface area contributed by atoms with Crippen molar-refractivity contribution < 1.29 is 14.0 Å². The summed E-state index contributed by atoms with van der Waals surface area (Å²) >= 11 is 0. The number of carbonyl (C=O) groups excluding carboxylic acids is 2. The Morgan fingerprint density at radius 1 is 1.13 bits per heavy atom. The number of hydrogen-bond acceptors (Lipinski definition) is 4. The first-order valence-electron chi connectivity index (χ1n) is 7.31. The van der Waals surface area contributed by atoms with Crippen LogP contribution in [0.25, 0.3) is 0 Å². The molecule has 1 aromatic carbocycles.